The van der Waals surface area contributed by atoms with Crippen LogP contribution >= 0.6 is 23.2 Å². The first-order valence-electron chi connectivity index (χ1n) is 4.46. The third-order valence-electron chi connectivity index (χ3n) is 2.23. The van der Waals surface area contributed by atoms with Crippen LogP contribution in [0.5, 0.6) is 0 Å². The van der Waals surface area contributed by atoms with Gasteiger partial charge in [-0.25, -0.2) is 9.78 Å². The van der Waals surface area contributed by atoms with Crippen molar-refractivity contribution < 1.29 is 9.53 Å². The van der Waals surface area contributed by atoms with Crippen molar-refractivity contribution in [2.45, 2.75) is 0 Å². The standard InChI is InChI=1S/C11H7Cl2NO2/c1-16-11(15)9-6-3-2-4-8(12)7(6)5-14-10(9)13/h2-5H,1H3. The number of halogens is 2. The average Bonchev–Trinajstić information content (AvgIpc) is 2.28. The van der Waals surface area contributed by atoms with E-state index < -0.39 is 5.97 Å². The Kier molecular flexibility index (Phi) is 2.99. The van der Waals surface area contributed by atoms with Gasteiger partial charge in [0, 0.05) is 22.0 Å². The lowest BCUT2D eigenvalue weighted by Crippen LogP contribution is -2.04. The highest BCUT2D eigenvalue weighted by Gasteiger charge is 2.16. The van der Waals surface area contributed by atoms with Crippen LogP contribution in [0, 0.1) is 0 Å². The van der Waals surface area contributed by atoms with Gasteiger partial charge in [0.05, 0.1) is 7.11 Å². The number of rotatable bonds is 1. The van der Waals surface area contributed by atoms with Crippen molar-refractivity contribution >= 4 is 39.9 Å². The molecule has 0 radical (unpaired) electrons. The molecule has 1 heterocycles. The molecule has 1 aromatic heterocycles. The second-order valence-electron chi connectivity index (χ2n) is 3.12. The number of methoxy groups -OCH3 is 1. The van der Waals surface area contributed by atoms with Gasteiger partial charge in [-0.2, -0.15) is 0 Å². The molecule has 3 nitrogen and oxygen atoms in total. The minimum absolute atomic E-state index is 0.113. The Balaban J connectivity index is 2.85. The molecular formula is C11H7Cl2NO2. The Morgan fingerprint density at radius 1 is 1.31 bits per heavy atom. The molecule has 2 aromatic rings. The highest BCUT2D eigenvalue weighted by atomic mass is 35.5. The van der Waals surface area contributed by atoms with Gasteiger partial charge in [0.1, 0.15) is 10.7 Å². The van der Waals surface area contributed by atoms with Crippen molar-refractivity contribution in [2.24, 2.45) is 0 Å². The number of carbonyl (C=O) groups excluding carboxylic acids is 1. The van der Waals surface area contributed by atoms with E-state index in [1.165, 1.54) is 13.3 Å². The van der Waals surface area contributed by atoms with Gasteiger partial charge in [-0.05, 0) is 6.07 Å². The van der Waals surface area contributed by atoms with E-state index in [4.69, 9.17) is 23.2 Å². The normalized spacial score (nSPS) is 10.4. The Labute approximate surface area is 102 Å². The van der Waals surface area contributed by atoms with E-state index in [0.717, 1.165) is 0 Å². The molecule has 0 N–H and O–H groups in total. The number of esters is 1. The smallest absolute Gasteiger partial charge is 0.341 e. The minimum atomic E-state index is -0.523. The summed E-state index contributed by atoms with van der Waals surface area (Å²) in [6, 6.07) is 5.22. The van der Waals surface area contributed by atoms with Gasteiger partial charge < -0.3 is 4.74 Å². The quantitative estimate of drug-likeness (QED) is 0.580. The zero-order valence-corrected chi connectivity index (χ0v) is 9.84. The van der Waals surface area contributed by atoms with Gasteiger partial charge in [0.15, 0.2) is 0 Å². The van der Waals surface area contributed by atoms with Gasteiger partial charge in [-0.3, -0.25) is 0 Å². The molecule has 0 saturated carbocycles. The second-order valence-corrected chi connectivity index (χ2v) is 3.88. The maximum absolute atomic E-state index is 11.6. The molecule has 0 amide bonds. The predicted octanol–water partition coefficient (Wildman–Crippen LogP) is 3.33. The van der Waals surface area contributed by atoms with Crippen LogP contribution in [0.1, 0.15) is 10.4 Å². The first kappa shape index (κ1) is 11.2. The van der Waals surface area contributed by atoms with Crippen molar-refractivity contribution in [3.05, 3.63) is 40.1 Å². The Morgan fingerprint density at radius 3 is 2.75 bits per heavy atom. The maximum Gasteiger partial charge on any atom is 0.341 e. The van der Waals surface area contributed by atoms with Crippen molar-refractivity contribution in [1.82, 2.24) is 4.98 Å². The Morgan fingerprint density at radius 2 is 2.06 bits per heavy atom. The molecule has 0 saturated heterocycles. The van der Waals surface area contributed by atoms with Crippen LogP contribution in [0.2, 0.25) is 10.2 Å². The summed E-state index contributed by atoms with van der Waals surface area (Å²) < 4.78 is 4.66. The summed E-state index contributed by atoms with van der Waals surface area (Å²) in [7, 11) is 1.29. The topological polar surface area (TPSA) is 39.2 Å². The molecule has 1 aromatic carbocycles. The first-order chi connectivity index (χ1) is 7.65. The van der Waals surface area contributed by atoms with Crippen molar-refractivity contribution in [3.63, 3.8) is 0 Å². The molecular weight excluding hydrogens is 249 g/mol. The highest BCUT2D eigenvalue weighted by Crippen LogP contribution is 2.29. The van der Waals surface area contributed by atoms with E-state index in [2.05, 4.69) is 9.72 Å². The molecule has 0 aliphatic rings. The van der Waals surface area contributed by atoms with Crippen LogP contribution in [-0.2, 0) is 4.74 Å². The molecule has 5 heteroatoms. The number of aromatic nitrogens is 1. The largest absolute Gasteiger partial charge is 0.465 e. The van der Waals surface area contributed by atoms with E-state index in [0.29, 0.717) is 15.8 Å². The van der Waals surface area contributed by atoms with E-state index in [9.17, 15) is 4.79 Å². The highest BCUT2D eigenvalue weighted by molar-refractivity contribution is 6.37. The van der Waals surface area contributed by atoms with Crippen molar-refractivity contribution in [3.8, 4) is 0 Å². The lowest BCUT2D eigenvalue weighted by atomic mass is 10.1. The summed E-state index contributed by atoms with van der Waals surface area (Å²) in [6.45, 7) is 0. The van der Waals surface area contributed by atoms with Crippen LogP contribution in [0.15, 0.2) is 24.4 Å². The zero-order valence-electron chi connectivity index (χ0n) is 8.33. The fourth-order valence-electron chi connectivity index (χ4n) is 1.48. The van der Waals surface area contributed by atoms with E-state index in [1.54, 1.807) is 18.2 Å². The third kappa shape index (κ3) is 1.72. The SMILES string of the molecule is COC(=O)c1c(Cl)ncc2c(Cl)cccc12. The van der Waals surface area contributed by atoms with Crippen molar-refractivity contribution in [2.75, 3.05) is 7.11 Å². The number of benzene rings is 1. The third-order valence-corrected chi connectivity index (χ3v) is 2.84. The number of hydrogen-bond acceptors (Lipinski definition) is 3. The number of hydrogen-bond donors (Lipinski definition) is 0. The van der Waals surface area contributed by atoms with Crippen LogP contribution in [0.4, 0.5) is 0 Å². The molecule has 0 bridgehead atoms. The molecule has 0 fully saturated rings. The predicted molar refractivity (Wildman–Crippen MR) is 63.1 cm³/mol. The maximum atomic E-state index is 11.6. The second kappa shape index (κ2) is 4.28. The fourth-order valence-corrected chi connectivity index (χ4v) is 1.93. The van der Waals surface area contributed by atoms with Crippen LogP contribution < -0.4 is 0 Å². The lowest BCUT2D eigenvalue weighted by molar-refractivity contribution is 0.0603. The van der Waals surface area contributed by atoms with Crippen molar-refractivity contribution in [1.29, 1.82) is 0 Å². The minimum Gasteiger partial charge on any atom is -0.465 e. The van der Waals surface area contributed by atoms with Gasteiger partial charge in [0.25, 0.3) is 0 Å². The molecule has 0 aliphatic heterocycles. The van der Waals surface area contributed by atoms with Crippen LogP contribution in [-0.4, -0.2) is 18.1 Å². The van der Waals surface area contributed by atoms with Gasteiger partial charge in [-0.1, -0.05) is 35.3 Å². The van der Waals surface area contributed by atoms with Gasteiger partial charge in [0.2, 0.25) is 0 Å². The Bertz CT molecular complexity index is 569. The van der Waals surface area contributed by atoms with E-state index in [1.807, 2.05) is 0 Å². The van der Waals surface area contributed by atoms with Gasteiger partial charge in [-0.15, -0.1) is 0 Å². The van der Waals surface area contributed by atoms with E-state index >= 15 is 0 Å². The Hall–Kier alpha value is -1.32. The summed E-state index contributed by atoms with van der Waals surface area (Å²) >= 11 is 11.9. The number of ether oxygens (including phenoxy) is 1. The monoisotopic (exact) mass is 255 g/mol. The molecule has 0 aliphatic carbocycles. The summed E-state index contributed by atoms with van der Waals surface area (Å²) in [6.07, 6.45) is 1.53. The lowest BCUT2D eigenvalue weighted by Gasteiger charge is -2.06. The number of carbonyl (C=O) groups is 1. The number of nitrogens with zero attached hydrogens (tertiary/aromatic N) is 1. The number of fused-ring (bicyclic) bond motifs is 1. The average molecular weight is 256 g/mol. The zero-order chi connectivity index (χ0) is 11.7. The number of pyridine rings is 1. The summed E-state index contributed by atoms with van der Waals surface area (Å²) in [5.74, 6) is -0.523. The summed E-state index contributed by atoms with van der Waals surface area (Å²) in [5, 5.41) is 1.95. The van der Waals surface area contributed by atoms with Gasteiger partial charge >= 0.3 is 5.97 Å². The fraction of sp³-hybridized carbons (Fsp3) is 0.0909. The molecule has 16 heavy (non-hydrogen) atoms. The van der Waals surface area contributed by atoms with Crippen LogP contribution in [0.25, 0.3) is 10.8 Å². The molecule has 0 spiro atoms. The summed E-state index contributed by atoms with van der Waals surface area (Å²) in [5.41, 5.74) is 0.240. The molecule has 82 valence electrons. The van der Waals surface area contributed by atoms with Crippen LogP contribution in [0.3, 0.4) is 0 Å². The molecule has 0 atom stereocenters. The summed E-state index contributed by atoms with van der Waals surface area (Å²) in [4.78, 5) is 15.5. The molecule has 2 rings (SSSR count). The first-order valence-corrected chi connectivity index (χ1v) is 5.21. The van der Waals surface area contributed by atoms with E-state index in [-0.39, 0.29) is 10.7 Å². The molecule has 0 unspecified atom stereocenters.